The van der Waals surface area contributed by atoms with E-state index in [4.69, 9.17) is 0 Å². The fourth-order valence-corrected chi connectivity index (χ4v) is 6.49. The van der Waals surface area contributed by atoms with Crippen LogP contribution in [0.2, 0.25) is 0 Å². The number of carbonyl (C=O) groups is 2. The van der Waals surface area contributed by atoms with Gasteiger partial charge in [-0.05, 0) is 46.7 Å². The van der Waals surface area contributed by atoms with Gasteiger partial charge in [-0.15, -0.1) is 0 Å². The Balaban J connectivity index is 1.73. The number of ketones is 2. The molecule has 2 aliphatic carbocycles. The number of Topliss-reactive ketones (excluding diaryl/α,β-unsaturated/α-hetero) is 2. The summed E-state index contributed by atoms with van der Waals surface area (Å²) in [5.74, 6) is 0.208. The molecule has 2 aliphatic rings. The molecule has 0 N–H and O–H groups in total. The van der Waals surface area contributed by atoms with Crippen LogP contribution in [0.3, 0.4) is 0 Å². The van der Waals surface area contributed by atoms with E-state index in [1.807, 2.05) is 20.2 Å². The molecule has 6 rings (SSSR count). The smallest absolute Gasteiger partial charge is 0.226 e. The molecule has 0 amide bonds. The minimum Gasteiger partial charge on any atom is -0.378 e. The summed E-state index contributed by atoms with van der Waals surface area (Å²) in [5.41, 5.74) is 7.04. The summed E-state index contributed by atoms with van der Waals surface area (Å²) in [6.45, 7) is 8.66. The lowest BCUT2D eigenvalue weighted by molar-refractivity contribution is -0.607. The lowest BCUT2D eigenvalue weighted by Crippen LogP contribution is -2.49. The number of rotatable bonds is 3. The molecule has 4 nitrogen and oxygen atoms in total. The van der Waals surface area contributed by atoms with Gasteiger partial charge < -0.3 is 4.90 Å². The molecular weight excluding hydrogens is 492 g/mol. The number of anilines is 1. The molecule has 4 aromatic rings. The summed E-state index contributed by atoms with van der Waals surface area (Å²) in [7, 11) is 4.08. The standard InChI is InChI=1S/C36H37N2O2/c1-35(2)20-31-27(32(39)21-35)19-28-33(40)22-36(3,4)29(18-23-14-16-25(17-15-23)37(5)6)34(28)38(31)30-13-9-11-24-10-7-8-12-26(24)30/h7-19H,20-22H2,1-6H3/q+1. The van der Waals surface area contributed by atoms with Crippen LogP contribution in [-0.2, 0) is 6.42 Å². The van der Waals surface area contributed by atoms with Crippen molar-refractivity contribution in [3.63, 3.8) is 0 Å². The molecule has 3 aromatic carbocycles. The summed E-state index contributed by atoms with van der Waals surface area (Å²) in [5, 5.41) is 2.23. The molecule has 0 atom stereocenters. The van der Waals surface area contributed by atoms with Crippen molar-refractivity contribution in [2.45, 2.75) is 47.0 Å². The third kappa shape index (κ3) is 4.36. The highest BCUT2D eigenvalue weighted by atomic mass is 16.1. The van der Waals surface area contributed by atoms with E-state index in [-0.39, 0.29) is 22.4 Å². The van der Waals surface area contributed by atoms with Crippen LogP contribution in [0.4, 0.5) is 5.69 Å². The summed E-state index contributed by atoms with van der Waals surface area (Å²) in [6, 6.07) is 25.1. The molecule has 0 bridgehead atoms. The predicted molar refractivity (Wildman–Crippen MR) is 163 cm³/mol. The van der Waals surface area contributed by atoms with Crippen molar-refractivity contribution in [1.29, 1.82) is 0 Å². The van der Waals surface area contributed by atoms with Crippen LogP contribution in [0.15, 0.2) is 72.8 Å². The number of carbonyl (C=O) groups excluding carboxylic acids is 2. The maximum atomic E-state index is 13.8. The number of fused-ring (bicyclic) bond motifs is 3. The number of allylic oxidation sites excluding steroid dienone is 1. The number of hydrogen-bond donors (Lipinski definition) is 0. The third-order valence-electron chi connectivity index (χ3n) is 8.55. The van der Waals surface area contributed by atoms with E-state index in [0.29, 0.717) is 24.0 Å². The highest BCUT2D eigenvalue weighted by Crippen LogP contribution is 2.46. The van der Waals surface area contributed by atoms with Crippen molar-refractivity contribution in [1.82, 2.24) is 0 Å². The van der Waals surface area contributed by atoms with Gasteiger partial charge in [-0.1, -0.05) is 70.2 Å². The van der Waals surface area contributed by atoms with Gasteiger partial charge in [0.05, 0.1) is 16.5 Å². The molecule has 1 heterocycles. The minimum absolute atomic E-state index is 0.0922. The van der Waals surface area contributed by atoms with Crippen LogP contribution in [0.5, 0.6) is 0 Å². The van der Waals surface area contributed by atoms with Crippen molar-refractivity contribution in [2.75, 3.05) is 19.0 Å². The number of hydrogen-bond acceptors (Lipinski definition) is 3. The van der Waals surface area contributed by atoms with E-state index in [0.717, 1.165) is 51.1 Å². The lowest BCUT2D eigenvalue weighted by Gasteiger charge is -2.34. The number of pyridine rings is 1. The monoisotopic (exact) mass is 529 g/mol. The predicted octanol–water partition coefficient (Wildman–Crippen LogP) is 7.49. The van der Waals surface area contributed by atoms with Crippen molar-refractivity contribution < 1.29 is 14.2 Å². The van der Waals surface area contributed by atoms with Crippen LogP contribution in [0, 0.1) is 10.8 Å². The van der Waals surface area contributed by atoms with Crippen LogP contribution < -0.4 is 9.47 Å². The first-order chi connectivity index (χ1) is 18.9. The molecule has 0 spiro atoms. The van der Waals surface area contributed by atoms with E-state index in [2.05, 4.69) is 110 Å². The first-order valence-corrected chi connectivity index (χ1v) is 14.1. The Kier molecular flexibility index (Phi) is 6.06. The first-order valence-electron chi connectivity index (χ1n) is 14.1. The summed E-state index contributed by atoms with van der Waals surface area (Å²) < 4.78 is 2.27. The third-order valence-corrected chi connectivity index (χ3v) is 8.55. The second-order valence-electron chi connectivity index (χ2n) is 13.1. The van der Waals surface area contributed by atoms with E-state index < -0.39 is 0 Å². The Morgan fingerprint density at radius 1 is 0.775 bits per heavy atom. The summed E-state index contributed by atoms with van der Waals surface area (Å²) in [6.07, 6.45) is 3.88. The molecule has 0 saturated heterocycles. The number of benzene rings is 3. The highest BCUT2D eigenvalue weighted by molar-refractivity contribution is 6.09. The van der Waals surface area contributed by atoms with Crippen LogP contribution >= 0.6 is 0 Å². The topological polar surface area (TPSA) is 41.3 Å². The van der Waals surface area contributed by atoms with Crippen molar-refractivity contribution in [3.8, 4) is 5.69 Å². The highest BCUT2D eigenvalue weighted by Gasteiger charge is 2.47. The van der Waals surface area contributed by atoms with Crippen molar-refractivity contribution in [2.24, 2.45) is 10.8 Å². The molecule has 4 heteroatoms. The summed E-state index contributed by atoms with van der Waals surface area (Å²) in [4.78, 5) is 29.5. The zero-order valence-electron chi connectivity index (χ0n) is 24.3. The first kappa shape index (κ1) is 26.2. The Hall–Kier alpha value is -4.05. The molecule has 0 unspecified atom stereocenters. The van der Waals surface area contributed by atoms with E-state index >= 15 is 0 Å². The Bertz CT molecular complexity index is 1720. The fraction of sp³-hybridized carbons (Fsp3) is 0.306. The molecule has 0 saturated carbocycles. The molecule has 0 aliphatic heterocycles. The zero-order chi connectivity index (χ0) is 28.4. The van der Waals surface area contributed by atoms with Gasteiger partial charge in [0.2, 0.25) is 11.4 Å². The van der Waals surface area contributed by atoms with Crippen molar-refractivity contribution in [3.05, 3.63) is 101 Å². The minimum atomic E-state index is -0.390. The van der Waals surface area contributed by atoms with Gasteiger partial charge >= 0.3 is 0 Å². The fourth-order valence-electron chi connectivity index (χ4n) is 6.49. The van der Waals surface area contributed by atoms with Gasteiger partial charge in [0.15, 0.2) is 17.3 Å². The Morgan fingerprint density at radius 3 is 2.17 bits per heavy atom. The molecule has 40 heavy (non-hydrogen) atoms. The normalized spacial score (nSPS) is 18.5. The average Bonchev–Trinajstić information content (AvgIpc) is 2.89. The maximum absolute atomic E-state index is 13.8. The Labute approximate surface area is 237 Å². The van der Waals surface area contributed by atoms with E-state index in [1.54, 1.807) is 0 Å². The SMILES string of the molecule is CN(C)c1ccc(/C=C2/c3c(cc4c([n+]3-c3cccc5ccccc35)CC(C)(C)CC4=O)C(=O)CC2(C)C)cc1. The zero-order valence-corrected chi connectivity index (χ0v) is 24.3. The molecule has 0 fully saturated rings. The van der Waals surface area contributed by atoms with Gasteiger partial charge in [-0.25, -0.2) is 0 Å². The molecule has 202 valence electrons. The van der Waals surface area contributed by atoms with Gasteiger partial charge in [0, 0.05) is 56.1 Å². The Morgan fingerprint density at radius 2 is 1.45 bits per heavy atom. The molecule has 1 aromatic heterocycles. The van der Waals surface area contributed by atoms with Gasteiger partial charge in [0.1, 0.15) is 0 Å². The lowest BCUT2D eigenvalue weighted by atomic mass is 9.69. The summed E-state index contributed by atoms with van der Waals surface area (Å²) >= 11 is 0. The van der Waals surface area contributed by atoms with Gasteiger partial charge in [-0.3, -0.25) is 9.59 Å². The van der Waals surface area contributed by atoms with Crippen molar-refractivity contribution >= 4 is 39.7 Å². The second-order valence-corrected chi connectivity index (χ2v) is 13.1. The average molecular weight is 530 g/mol. The largest absolute Gasteiger partial charge is 0.378 e. The van der Waals surface area contributed by atoms with Gasteiger partial charge in [-0.2, -0.15) is 4.57 Å². The number of aromatic nitrogens is 1. The van der Waals surface area contributed by atoms with E-state index in [9.17, 15) is 9.59 Å². The van der Waals surface area contributed by atoms with Crippen LogP contribution in [0.1, 0.15) is 78.2 Å². The quantitative estimate of drug-likeness (QED) is 0.258. The van der Waals surface area contributed by atoms with Crippen LogP contribution in [-0.4, -0.2) is 25.7 Å². The number of nitrogens with zero attached hydrogens (tertiary/aromatic N) is 2. The van der Waals surface area contributed by atoms with Crippen LogP contribution in [0.25, 0.3) is 28.1 Å². The second kappa shape index (κ2) is 9.26. The van der Waals surface area contributed by atoms with Gasteiger partial charge in [0.25, 0.3) is 0 Å². The molecule has 0 radical (unpaired) electrons. The molecular formula is C36H37N2O2+. The van der Waals surface area contributed by atoms with E-state index in [1.165, 1.54) is 0 Å². The maximum Gasteiger partial charge on any atom is 0.226 e.